The average molecular weight is 173 g/mol. The summed E-state index contributed by atoms with van der Waals surface area (Å²) in [6, 6.07) is 0. The lowest BCUT2D eigenvalue weighted by Crippen LogP contribution is -2.33. The van der Waals surface area contributed by atoms with Crippen LogP contribution in [0.1, 0.15) is 26.2 Å². The first-order chi connectivity index (χ1) is 5.77. The molecule has 12 heavy (non-hydrogen) atoms. The molecule has 0 amide bonds. The molecule has 3 nitrogen and oxygen atoms in total. The molecule has 0 radical (unpaired) electrons. The number of rotatable bonds is 4. The van der Waals surface area contributed by atoms with Crippen molar-refractivity contribution >= 4 is 0 Å². The van der Waals surface area contributed by atoms with E-state index in [9.17, 15) is 5.11 Å². The molecule has 0 spiro atoms. The van der Waals surface area contributed by atoms with Crippen molar-refractivity contribution < 1.29 is 9.84 Å². The van der Waals surface area contributed by atoms with Crippen LogP contribution in [-0.4, -0.2) is 42.5 Å². The van der Waals surface area contributed by atoms with Gasteiger partial charge in [0.25, 0.3) is 0 Å². The number of aliphatic hydroxyl groups is 1. The quantitative estimate of drug-likeness (QED) is 0.683. The third-order valence-electron chi connectivity index (χ3n) is 2.48. The van der Waals surface area contributed by atoms with Gasteiger partial charge in [0.15, 0.2) is 0 Å². The highest BCUT2D eigenvalue weighted by atomic mass is 16.5. The first-order valence-electron chi connectivity index (χ1n) is 4.72. The lowest BCUT2D eigenvalue weighted by molar-refractivity contribution is 0.00128. The summed E-state index contributed by atoms with van der Waals surface area (Å²) in [5, 5.41) is 9.63. The van der Waals surface area contributed by atoms with Gasteiger partial charge in [-0.2, -0.15) is 0 Å². The maximum Gasteiger partial charge on any atom is 0.107 e. The van der Waals surface area contributed by atoms with Gasteiger partial charge in [-0.3, -0.25) is 4.90 Å². The van der Waals surface area contributed by atoms with E-state index in [4.69, 9.17) is 4.74 Å². The molecule has 2 atom stereocenters. The van der Waals surface area contributed by atoms with E-state index in [1.807, 2.05) is 0 Å². The minimum Gasteiger partial charge on any atom is -0.380 e. The first-order valence-corrected chi connectivity index (χ1v) is 4.72. The number of hydrogen-bond acceptors (Lipinski definition) is 3. The van der Waals surface area contributed by atoms with Gasteiger partial charge in [-0.05, 0) is 12.8 Å². The van der Waals surface area contributed by atoms with Gasteiger partial charge in [0, 0.05) is 20.2 Å². The predicted molar refractivity (Wildman–Crippen MR) is 47.9 cm³/mol. The Labute approximate surface area is 74.3 Å². The third kappa shape index (κ3) is 2.44. The van der Waals surface area contributed by atoms with Gasteiger partial charge < -0.3 is 9.84 Å². The molecule has 0 aliphatic carbocycles. The molecule has 1 N–H and O–H groups in total. The van der Waals surface area contributed by atoms with Gasteiger partial charge in [0.2, 0.25) is 0 Å². The molecule has 1 fully saturated rings. The number of likely N-dealkylation sites (tertiary alicyclic amines) is 1. The summed E-state index contributed by atoms with van der Waals surface area (Å²) < 4.78 is 5.22. The maximum atomic E-state index is 9.63. The van der Waals surface area contributed by atoms with Crippen molar-refractivity contribution in [1.29, 1.82) is 0 Å². The Bertz CT molecular complexity index is 130. The fourth-order valence-corrected chi connectivity index (χ4v) is 1.66. The molecule has 2 unspecified atom stereocenters. The predicted octanol–water partition coefficient (Wildman–Crippen LogP) is 0.826. The zero-order chi connectivity index (χ0) is 8.97. The van der Waals surface area contributed by atoms with E-state index in [0.29, 0.717) is 6.10 Å². The number of aliphatic hydroxyl groups excluding tert-OH is 1. The SMILES string of the molecule is CCCC(O)N1CCC(OC)C1. The van der Waals surface area contributed by atoms with Crippen LogP contribution in [0, 0.1) is 0 Å². The molecular formula is C9H19NO2. The Balaban J connectivity index is 2.25. The van der Waals surface area contributed by atoms with E-state index in [2.05, 4.69) is 11.8 Å². The second kappa shape index (κ2) is 4.80. The van der Waals surface area contributed by atoms with E-state index < -0.39 is 0 Å². The number of ether oxygens (including phenoxy) is 1. The van der Waals surface area contributed by atoms with Crippen molar-refractivity contribution in [2.75, 3.05) is 20.2 Å². The van der Waals surface area contributed by atoms with E-state index in [1.54, 1.807) is 7.11 Å². The van der Waals surface area contributed by atoms with Crippen molar-refractivity contribution in [2.24, 2.45) is 0 Å². The van der Waals surface area contributed by atoms with Crippen LogP contribution in [0.3, 0.4) is 0 Å². The van der Waals surface area contributed by atoms with Gasteiger partial charge >= 0.3 is 0 Å². The van der Waals surface area contributed by atoms with Crippen LogP contribution in [0.25, 0.3) is 0 Å². The van der Waals surface area contributed by atoms with Crippen molar-refractivity contribution in [3.63, 3.8) is 0 Å². The van der Waals surface area contributed by atoms with Crippen LogP contribution >= 0.6 is 0 Å². The van der Waals surface area contributed by atoms with Crippen LogP contribution in [0.4, 0.5) is 0 Å². The smallest absolute Gasteiger partial charge is 0.107 e. The fourth-order valence-electron chi connectivity index (χ4n) is 1.66. The molecule has 0 aromatic carbocycles. The lowest BCUT2D eigenvalue weighted by Gasteiger charge is -2.21. The van der Waals surface area contributed by atoms with Crippen LogP contribution < -0.4 is 0 Å². The van der Waals surface area contributed by atoms with Crippen molar-refractivity contribution in [2.45, 2.75) is 38.5 Å². The molecule has 1 aliphatic heterocycles. The summed E-state index contributed by atoms with van der Waals surface area (Å²) in [6.07, 6.45) is 3.04. The highest BCUT2D eigenvalue weighted by Crippen LogP contribution is 2.15. The zero-order valence-electron chi connectivity index (χ0n) is 7.99. The van der Waals surface area contributed by atoms with Gasteiger partial charge in [0.05, 0.1) is 6.10 Å². The number of methoxy groups -OCH3 is 1. The summed E-state index contributed by atoms with van der Waals surface area (Å²) in [4.78, 5) is 2.09. The highest BCUT2D eigenvalue weighted by Gasteiger charge is 2.25. The summed E-state index contributed by atoms with van der Waals surface area (Å²) in [6.45, 7) is 3.95. The fraction of sp³-hybridized carbons (Fsp3) is 1.00. The molecule has 0 bridgehead atoms. The van der Waals surface area contributed by atoms with Crippen molar-refractivity contribution in [1.82, 2.24) is 4.90 Å². The molecule has 1 saturated heterocycles. The Morgan fingerprint density at radius 2 is 2.42 bits per heavy atom. The summed E-state index contributed by atoms with van der Waals surface area (Å²) in [5.74, 6) is 0. The van der Waals surface area contributed by atoms with Crippen LogP contribution in [0.5, 0.6) is 0 Å². The number of nitrogens with zero attached hydrogens (tertiary/aromatic N) is 1. The topological polar surface area (TPSA) is 32.7 Å². The maximum absolute atomic E-state index is 9.63. The Morgan fingerprint density at radius 1 is 1.67 bits per heavy atom. The van der Waals surface area contributed by atoms with Crippen LogP contribution in [-0.2, 0) is 4.74 Å². The van der Waals surface area contributed by atoms with Gasteiger partial charge in [0.1, 0.15) is 6.23 Å². The molecule has 0 saturated carbocycles. The summed E-state index contributed by atoms with van der Waals surface area (Å²) >= 11 is 0. The standard InChI is InChI=1S/C9H19NO2/c1-3-4-9(11)10-6-5-8(7-10)12-2/h8-9,11H,3-7H2,1-2H3. The van der Waals surface area contributed by atoms with Crippen LogP contribution in [0.2, 0.25) is 0 Å². The van der Waals surface area contributed by atoms with Gasteiger partial charge in [-0.15, -0.1) is 0 Å². The van der Waals surface area contributed by atoms with E-state index in [-0.39, 0.29) is 6.23 Å². The largest absolute Gasteiger partial charge is 0.380 e. The van der Waals surface area contributed by atoms with E-state index in [1.165, 1.54) is 0 Å². The average Bonchev–Trinajstić information content (AvgIpc) is 2.52. The van der Waals surface area contributed by atoms with Crippen LogP contribution in [0.15, 0.2) is 0 Å². The second-order valence-electron chi connectivity index (χ2n) is 3.41. The van der Waals surface area contributed by atoms with Gasteiger partial charge in [-0.1, -0.05) is 13.3 Å². The first kappa shape index (κ1) is 9.96. The minimum atomic E-state index is -0.254. The van der Waals surface area contributed by atoms with Crippen molar-refractivity contribution in [3.8, 4) is 0 Å². The molecule has 0 aromatic heterocycles. The molecule has 1 aliphatic rings. The molecule has 1 rings (SSSR count). The zero-order valence-corrected chi connectivity index (χ0v) is 7.99. The lowest BCUT2D eigenvalue weighted by atomic mass is 10.3. The Hall–Kier alpha value is -0.120. The summed E-state index contributed by atoms with van der Waals surface area (Å²) in [5.41, 5.74) is 0. The Kier molecular flexibility index (Phi) is 3.98. The molecular weight excluding hydrogens is 154 g/mol. The molecule has 72 valence electrons. The monoisotopic (exact) mass is 173 g/mol. The Morgan fingerprint density at radius 3 is 2.92 bits per heavy atom. The minimum absolute atomic E-state index is 0.254. The third-order valence-corrected chi connectivity index (χ3v) is 2.48. The van der Waals surface area contributed by atoms with Gasteiger partial charge in [-0.25, -0.2) is 0 Å². The van der Waals surface area contributed by atoms with E-state index >= 15 is 0 Å². The summed E-state index contributed by atoms with van der Waals surface area (Å²) in [7, 11) is 1.74. The molecule has 0 aromatic rings. The highest BCUT2D eigenvalue weighted by molar-refractivity contribution is 4.77. The second-order valence-corrected chi connectivity index (χ2v) is 3.41. The number of hydrogen-bond donors (Lipinski definition) is 1. The normalized spacial score (nSPS) is 27.8. The van der Waals surface area contributed by atoms with Crippen molar-refractivity contribution in [3.05, 3.63) is 0 Å². The molecule has 3 heteroatoms. The van der Waals surface area contributed by atoms with E-state index in [0.717, 1.165) is 32.4 Å². The molecule has 1 heterocycles.